The summed E-state index contributed by atoms with van der Waals surface area (Å²) in [5.74, 6) is 1.37. The van der Waals surface area contributed by atoms with Crippen LogP contribution in [0.5, 0.6) is 5.75 Å². The normalized spacial score (nSPS) is 13.7. The Balaban J connectivity index is 3.05. The maximum atomic E-state index is 5.38. The third-order valence-corrected chi connectivity index (χ3v) is 3.33. The average Bonchev–Trinajstić information content (AvgIpc) is 2.28. The van der Waals surface area contributed by atoms with Gasteiger partial charge in [0.15, 0.2) is 0 Å². The first kappa shape index (κ1) is 12.1. The number of methoxy groups -OCH3 is 1. The van der Waals surface area contributed by atoms with Crippen LogP contribution in [-0.4, -0.2) is 19.7 Å². The molecule has 0 aliphatic carbocycles. The van der Waals surface area contributed by atoms with Crippen molar-refractivity contribution in [3.63, 3.8) is 0 Å². The molecular weight excluding hydrogens is 186 g/mol. The second-order valence-electron chi connectivity index (χ2n) is 4.44. The molecule has 0 bridgehead atoms. The molecule has 0 aliphatic heterocycles. The van der Waals surface area contributed by atoms with Crippen LogP contribution in [0.4, 0.5) is 0 Å². The zero-order chi connectivity index (χ0) is 11.5. The number of rotatable bonds is 4. The van der Waals surface area contributed by atoms with Gasteiger partial charge in [0.2, 0.25) is 0 Å². The molecule has 0 saturated carbocycles. The number of nitrogens with one attached hydrogen (secondary N) is 1. The number of para-hydroxylation sites is 1. The molecule has 2 nitrogen and oxygen atoms in total. The minimum Gasteiger partial charge on any atom is -0.496 e. The molecule has 84 valence electrons. The van der Waals surface area contributed by atoms with E-state index in [1.165, 1.54) is 5.56 Å². The largest absolute Gasteiger partial charge is 0.496 e. The highest BCUT2D eigenvalue weighted by Crippen LogP contribution is 2.33. The molecule has 1 aromatic rings. The molecule has 0 fully saturated rings. The van der Waals surface area contributed by atoms with Crippen LogP contribution >= 0.6 is 0 Å². The zero-order valence-electron chi connectivity index (χ0n) is 10.3. The van der Waals surface area contributed by atoms with E-state index in [0.29, 0.717) is 5.92 Å². The predicted molar refractivity (Wildman–Crippen MR) is 64.5 cm³/mol. The lowest BCUT2D eigenvalue weighted by Crippen LogP contribution is -2.41. The second-order valence-corrected chi connectivity index (χ2v) is 4.44. The van der Waals surface area contributed by atoms with Crippen LogP contribution in [0.2, 0.25) is 0 Å². The highest BCUT2D eigenvalue weighted by Gasteiger charge is 2.26. The molecule has 0 saturated heterocycles. The summed E-state index contributed by atoms with van der Waals surface area (Å²) >= 11 is 0. The Morgan fingerprint density at radius 2 is 1.87 bits per heavy atom. The van der Waals surface area contributed by atoms with Crippen LogP contribution in [0.1, 0.15) is 32.3 Å². The number of likely N-dealkylation sites (N-methyl/N-ethyl adjacent to an activating group) is 1. The van der Waals surface area contributed by atoms with Crippen molar-refractivity contribution in [3.05, 3.63) is 29.8 Å². The zero-order valence-corrected chi connectivity index (χ0v) is 10.3. The average molecular weight is 207 g/mol. The Bertz CT molecular complexity index is 320. The molecule has 0 aliphatic rings. The quantitative estimate of drug-likeness (QED) is 0.819. The minimum absolute atomic E-state index is 0.0641. The van der Waals surface area contributed by atoms with E-state index in [0.717, 1.165) is 5.75 Å². The Kier molecular flexibility index (Phi) is 3.75. The van der Waals surface area contributed by atoms with Gasteiger partial charge in [-0.15, -0.1) is 0 Å². The molecule has 1 N–H and O–H groups in total. The Hall–Kier alpha value is -1.02. The SMILES string of the molecule is CNC(C)(C)C(C)c1ccccc1OC. The Labute approximate surface area is 92.6 Å². The standard InChI is InChI=1S/C13H21NO/c1-10(13(2,3)14-4)11-8-6-7-9-12(11)15-5/h6-10,14H,1-5H3. The lowest BCUT2D eigenvalue weighted by Gasteiger charge is -2.32. The van der Waals surface area contributed by atoms with Gasteiger partial charge in [-0.1, -0.05) is 25.1 Å². The van der Waals surface area contributed by atoms with Crippen molar-refractivity contribution >= 4 is 0 Å². The van der Waals surface area contributed by atoms with Gasteiger partial charge in [-0.2, -0.15) is 0 Å². The third kappa shape index (κ3) is 2.51. The van der Waals surface area contributed by atoms with Crippen molar-refractivity contribution in [1.82, 2.24) is 5.32 Å². The molecule has 0 heterocycles. The fraction of sp³-hybridized carbons (Fsp3) is 0.538. The summed E-state index contributed by atoms with van der Waals surface area (Å²) in [5, 5.41) is 3.34. The minimum atomic E-state index is 0.0641. The van der Waals surface area contributed by atoms with E-state index >= 15 is 0 Å². The van der Waals surface area contributed by atoms with E-state index < -0.39 is 0 Å². The lowest BCUT2D eigenvalue weighted by atomic mass is 9.83. The van der Waals surface area contributed by atoms with Crippen LogP contribution in [0.25, 0.3) is 0 Å². The van der Waals surface area contributed by atoms with Crippen LogP contribution in [0, 0.1) is 0 Å². The fourth-order valence-electron chi connectivity index (χ4n) is 1.63. The maximum absolute atomic E-state index is 5.38. The molecule has 15 heavy (non-hydrogen) atoms. The first-order chi connectivity index (χ1) is 7.03. The van der Waals surface area contributed by atoms with Gasteiger partial charge in [-0.3, -0.25) is 0 Å². The van der Waals surface area contributed by atoms with Crippen molar-refractivity contribution in [3.8, 4) is 5.75 Å². The van der Waals surface area contributed by atoms with Gasteiger partial charge in [0.05, 0.1) is 7.11 Å². The van der Waals surface area contributed by atoms with Crippen molar-refractivity contribution < 1.29 is 4.74 Å². The van der Waals surface area contributed by atoms with Gasteiger partial charge in [0.25, 0.3) is 0 Å². The summed E-state index contributed by atoms with van der Waals surface area (Å²) in [6.07, 6.45) is 0. The molecule has 1 atom stereocenters. The van der Waals surface area contributed by atoms with E-state index in [1.807, 2.05) is 19.2 Å². The molecule has 0 spiro atoms. The molecule has 1 rings (SSSR count). The van der Waals surface area contributed by atoms with Gasteiger partial charge in [0.1, 0.15) is 5.75 Å². The summed E-state index contributed by atoms with van der Waals surface area (Å²) in [4.78, 5) is 0. The summed E-state index contributed by atoms with van der Waals surface area (Å²) in [5.41, 5.74) is 1.31. The number of benzene rings is 1. The number of hydrogen-bond acceptors (Lipinski definition) is 2. The smallest absolute Gasteiger partial charge is 0.122 e. The molecule has 0 amide bonds. The van der Waals surface area contributed by atoms with Gasteiger partial charge >= 0.3 is 0 Å². The summed E-state index contributed by atoms with van der Waals surface area (Å²) in [6, 6.07) is 8.20. The maximum Gasteiger partial charge on any atom is 0.122 e. The van der Waals surface area contributed by atoms with Crippen LogP contribution in [0.15, 0.2) is 24.3 Å². The van der Waals surface area contributed by atoms with Crippen LogP contribution in [0.3, 0.4) is 0 Å². The summed E-state index contributed by atoms with van der Waals surface area (Å²) in [7, 11) is 3.71. The first-order valence-electron chi connectivity index (χ1n) is 5.34. The van der Waals surface area contributed by atoms with E-state index in [-0.39, 0.29) is 5.54 Å². The molecule has 1 aromatic carbocycles. The van der Waals surface area contributed by atoms with Crippen LogP contribution in [-0.2, 0) is 0 Å². The lowest BCUT2D eigenvalue weighted by molar-refractivity contribution is 0.343. The highest BCUT2D eigenvalue weighted by molar-refractivity contribution is 5.37. The molecule has 2 heteroatoms. The molecule has 0 radical (unpaired) electrons. The van der Waals surface area contributed by atoms with E-state index in [2.05, 4.69) is 38.2 Å². The van der Waals surface area contributed by atoms with Gasteiger partial charge in [-0.05, 0) is 32.5 Å². The Morgan fingerprint density at radius 1 is 1.27 bits per heavy atom. The van der Waals surface area contributed by atoms with E-state index in [9.17, 15) is 0 Å². The van der Waals surface area contributed by atoms with Crippen molar-refractivity contribution in [2.75, 3.05) is 14.2 Å². The van der Waals surface area contributed by atoms with Gasteiger partial charge in [0, 0.05) is 11.5 Å². The fourth-order valence-corrected chi connectivity index (χ4v) is 1.63. The van der Waals surface area contributed by atoms with E-state index in [1.54, 1.807) is 7.11 Å². The van der Waals surface area contributed by atoms with Gasteiger partial charge in [-0.25, -0.2) is 0 Å². The molecule has 0 aromatic heterocycles. The topological polar surface area (TPSA) is 21.3 Å². The number of hydrogen-bond donors (Lipinski definition) is 1. The second kappa shape index (κ2) is 4.67. The van der Waals surface area contributed by atoms with Crippen molar-refractivity contribution in [1.29, 1.82) is 0 Å². The van der Waals surface area contributed by atoms with Crippen molar-refractivity contribution in [2.45, 2.75) is 32.2 Å². The summed E-state index contributed by atoms with van der Waals surface area (Å²) < 4.78 is 5.38. The predicted octanol–water partition coefficient (Wildman–Crippen LogP) is 2.80. The Morgan fingerprint density at radius 3 is 2.40 bits per heavy atom. The molecular formula is C13H21NO. The van der Waals surface area contributed by atoms with Crippen LogP contribution < -0.4 is 10.1 Å². The van der Waals surface area contributed by atoms with E-state index in [4.69, 9.17) is 4.74 Å². The summed E-state index contributed by atoms with van der Waals surface area (Å²) in [6.45, 7) is 6.61. The highest BCUT2D eigenvalue weighted by atomic mass is 16.5. The van der Waals surface area contributed by atoms with Gasteiger partial charge < -0.3 is 10.1 Å². The number of ether oxygens (including phenoxy) is 1. The van der Waals surface area contributed by atoms with Crippen molar-refractivity contribution in [2.24, 2.45) is 0 Å². The third-order valence-electron chi connectivity index (χ3n) is 3.33. The first-order valence-corrected chi connectivity index (χ1v) is 5.34. The molecule has 1 unspecified atom stereocenters. The monoisotopic (exact) mass is 207 g/mol.